The number of carbonyl (C=O) groups excluding carboxylic acids is 2. The molecule has 0 fully saturated rings. The summed E-state index contributed by atoms with van der Waals surface area (Å²) in [5, 5.41) is 3.03. The van der Waals surface area contributed by atoms with Crippen LogP contribution in [-0.4, -0.2) is 74.3 Å². The van der Waals surface area contributed by atoms with Crippen molar-refractivity contribution in [2.45, 2.75) is 258 Å². The molecule has 0 heterocycles. The molecule has 9 nitrogen and oxygen atoms in total. The zero-order valence-electron chi connectivity index (χ0n) is 49.7. The van der Waals surface area contributed by atoms with Gasteiger partial charge >= 0.3 is 13.8 Å². The van der Waals surface area contributed by atoms with E-state index >= 15 is 0 Å². The number of allylic oxidation sites excluding steroid dienone is 17. The van der Waals surface area contributed by atoms with Crippen LogP contribution in [0.25, 0.3) is 0 Å². The van der Waals surface area contributed by atoms with Gasteiger partial charge in [-0.25, -0.2) is 4.57 Å². The Hall–Kier alpha value is -3.33. The van der Waals surface area contributed by atoms with Crippen LogP contribution in [0.4, 0.5) is 0 Å². The Bertz CT molecular complexity index is 1670. The number of phosphoric ester groups is 1. The fourth-order valence-electron chi connectivity index (χ4n) is 8.21. The molecule has 436 valence electrons. The Morgan fingerprint density at radius 2 is 0.842 bits per heavy atom. The van der Waals surface area contributed by atoms with Crippen LogP contribution in [0.5, 0.6) is 0 Å². The van der Waals surface area contributed by atoms with Crippen molar-refractivity contribution in [3.63, 3.8) is 0 Å². The molecule has 1 amide bonds. The summed E-state index contributed by atoms with van der Waals surface area (Å²) in [7, 11) is 1.45. The fourth-order valence-corrected chi connectivity index (χ4v) is 8.94. The van der Waals surface area contributed by atoms with E-state index in [2.05, 4.69) is 123 Å². The maximum atomic E-state index is 13.5. The quantitative estimate of drug-likeness (QED) is 0.0205. The summed E-state index contributed by atoms with van der Waals surface area (Å²) in [6, 6.07) is -0.875. The van der Waals surface area contributed by atoms with E-state index in [-0.39, 0.29) is 31.5 Å². The lowest BCUT2D eigenvalue weighted by atomic mass is 10.0. The first-order valence-electron chi connectivity index (χ1n) is 30.7. The second-order valence-corrected chi connectivity index (χ2v) is 22.9. The SMILES string of the molecule is CC/C=C\C/C=C\C/C=C\C/C=C\C/C=C\CCCCCCCC(=O)OC(/C=C/CCCCCCCCCCCC)C(COP(=O)(O)OCC[N+](C)(C)C)NC(=O)CCCCCC/C=C\C/C=C\C/C=C\CCCCC. The van der Waals surface area contributed by atoms with E-state index in [1.807, 2.05) is 33.3 Å². The van der Waals surface area contributed by atoms with E-state index in [9.17, 15) is 19.0 Å². The summed E-state index contributed by atoms with van der Waals surface area (Å²) in [5.41, 5.74) is 0. The Morgan fingerprint density at radius 1 is 0.474 bits per heavy atom. The third-order valence-corrected chi connectivity index (χ3v) is 13.9. The molecule has 3 unspecified atom stereocenters. The van der Waals surface area contributed by atoms with Crippen molar-refractivity contribution in [3.8, 4) is 0 Å². The third-order valence-electron chi connectivity index (χ3n) is 12.9. The molecule has 76 heavy (non-hydrogen) atoms. The second-order valence-electron chi connectivity index (χ2n) is 21.5. The topological polar surface area (TPSA) is 111 Å². The molecule has 0 aromatic rings. The minimum atomic E-state index is -4.47. The van der Waals surface area contributed by atoms with Crippen molar-refractivity contribution >= 4 is 19.7 Å². The van der Waals surface area contributed by atoms with Gasteiger partial charge in [0.15, 0.2) is 0 Å². The van der Waals surface area contributed by atoms with Crippen molar-refractivity contribution in [1.82, 2.24) is 5.32 Å². The largest absolute Gasteiger partial charge is 0.472 e. The van der Waals surface area contributed by atoms with Gasteiger partial charge in [-0.05, 0) is 115 Å². The Kier molecular flexibility index (Phi) is 52.6. The number of unbranched alkanes of at least 4 members (excludes halogenated alkanes) is 22. The van der Waals surface area contributed by atoms with Gasteiger partial charge in [-0.3, -0.25) is 18.6 Å². The minimum absolute atomic E-state index is 0.0266. The molecule has 3 atom stereocenters. The van der Waals surface area contributed by atoms with Crippen molar-refractivity contribution in [3.05, 3.63) is 109 Å². The predicted octanol–water partition coefficient (Wildman–Crippen LogP) is 18.9. The molecule has 0 saturated carbocycles. The number of esters is 1. The van der Waals surface area contributed by atoms with E-state index in [1.54, 1.807) is 0 Å². The summed E-state index contributed by atoms with van der Waals surface area (Å²) in [5.74, 6) is -0.558. The summed E-state index contributed by atoms with van der Waals surface area (Å²) in [6.07, 6.45) is 75.1. The number of likely N-dealkylation sites (N-methyl/N-ethyl adjacent to an activating group) is 1. The highest BCUT2D eigenvalue weighted by atomic mass is 31.2. The highest BCUT2D eigenvalue weighted by Crippen LogP contribution is 2.43. The summed E-state index contributed by atoms with van der Waals surface area (Å²) in [4.78, 5) is 37.7. The van der Waals surface area contributed by atoms with Gasteiger partial charge in [0.25, 0.3) is 0 Å². The number of phosphoric acid groups is 1. The molecule has 0 rings (SSSR count). The molecule has 0 aliphatic rings. The molecule has 0 aromatic carbocycles. The first kappa shape index (κ1) is 72.7. The molecular weight excluding hydrogens is 964 g/mol. The van der Waals surface area contributed by atoms with Crippen molar-refractivity contribution in [2.24, 2.45) is 0 Å². The first-order chi connectivity index (χ1) is 36.9. The zero-order chi connectivity index (χ0) is 55.7. The molecule has 0 bridgehead atoms. The number of nitrogens with zero attached hydrogens (tertiary/aromatic N) is 1. The van der Waals surface area contributed by atoms with Crippen LogP contribution in [-0.2, 0) is 27.9 Å². The maximum Gasteiger partial charge on any atom is 0.472 e. The van der Waals surface area contributed by atoms with Crippen LogP contribution in [0.15, 0.2) is 109 Å². The molecule has 2 N–H and O–H groups in total. The average molecular weight is 1080 g/mol. The van der Waals surface area contributed by atoms with Gasteiger partial charge < -0.3 is 19.4 Å². The van der Waals surface area contributed by atoms with E-state index in [0.717, 1.165) is 122 Å². The van der Waals surface area contributed by atoms with Gasteiger partial charge in [0.2, 0.25) is 5.91 Å². The number of hydrogen-bond donors (Lipinski definition) is 2. The normalized spacial score (nSPS) is 14.5. The van der Waals surface area contributed by atoms with Crippen LogP contribution in [0.2, 0.25) is 0 Å². The molecule has 10 heteroatoms. The third kappa shape index (κ3) is 55.4. The van der Waals surface area contributed by atoms with Crippen LogP contribution < -0.4 is 5.32 Å². The number of rotatable bonds is 54. The molecule has 0 spiro atoms. The molecular formula is C66H116N2O7P+. The molecule has 0 radical (unpaired) electrons. The molecule has 0 saturated heterocycles. The van der Waals surface area contributed by atoms with Crippen molar-refractivity contribution in [1.29, 1.82) is 0 Å². The van der Waals surface area contributed by atoms with Gasteiger partial charge in [-0.2, -0.15) is 0 Å². The van der Waals surface area contributed by atoms with Gasteiger partial charge in [-0.1, -0.05) is 227 Å². The van der Waals surface area contributed by atoms with Crippen LogP contribution in [0, 0.1) is 0 Å². The number of ether oxygens (including phenoxy) is 1. The standard InChI is InChI=1S/C66H115N2O7P/c1-7-10-13-16-19-22-25-28-30-32-33-34-35-37-39-41-44-47-50-53-56-59-66(70)75-64(57-54-51-48-45-42-27-24-21-18-15-12-9-3)63(62-74-76(71,72)73-61-60-68(4,5)6)67-65(69)58-55-52-49-46-43-40-38-36-31-29-26-23-20-17-14-11-8-2/h10,13,19-20,22-23,28-31,33-34,37-40,54,57,63-64H,7-9,11-12,14-18,21,24-27,32,35-36,41-53,55-56,58-62H2,1-6H3,(H-,67,69,71,72)/p+1/b13-10-,22-19-,23-20-,30-28-,31-29-,34-33-,39-37-,40-38-,57-54+. The Morgan fingerprint density at radius 3 is 1.29 bits per heavy atom. The Balaban J connectivity index is 5.36. The first-order valence-corrected chi connectivity index (χ1v) is 32.2. The number of nitrogens with one attached hydrogen (secondary N) is 1. The van der Waals surface area contributed by atoms with Gasteiger partial charge in [0.1, 0.15) is 19.3 Å². The number of hydrogen-bond acceptors (Lipinski definition) is 6. The molecule has 0 aliphatic heterocycles. The van der Waals surface area contributed by atoms with E-state index in [1.165, 1.54) is 77.0 Å². The van der Waals surface area contributed by atoms with Crippen molar-refractivity contribution < 1.29 is 37.3 Å². The lowest BCUT2D eigenvalue weighted by molar-refractivity contribution is -0.870. The highest BCUT2D eigenvalue weighted by Gasteiger charge is 2.30. The summed E-state index contributed by atoms with van der Waals surface area (Å²) < 4.78 is 30.7. The maximum absolute atomic E-state index is 13.5. The van der Waals surface area contributed by atoms with Crippen molar-refractivity contribution in [2.75, 3.05) is 40.9 Å². The lowest BCUT2D eigenvalue weighted by Gasteiger charge is -2.27. The Labute approximate surface area is 468 Å². The highest BCUT2D eigenvalue weighted by molar-refractivity contribution is 7.47. The van der Waals surface area contributed by atoms with E-state index in [0.29, 0.717) is 30.3 Å². The van der Waals surface area contributed by atoms with Crippen LogP contribution >= 0.6 is 7.82 Å². The predicted molar refractivity (Wildman–Crippen MR) is 327 cm³/mol. The summed E-state index contributed by atoms with van der Waals surface area (Å²) >= 11 is 0. The molecule has 0 aliphatic carbocycles. The van der Waals surface area contributed by atoms with Crippen LogP contribution in [0.1, 0.15) is 245 Å². The molecule has 0 aromatic heterocycles. The lowest BCUT2D eigenvalue weighted by Crippen LogP contribution is -2.47. The van der Waals surface area contributed by atoms with Gasteiger partial charge in [-0.15, -0.1) is 0 Å². The monoisotopic (exact) mass is 1080 g/mol. The fraction of sp³-hybridized carbons (Fsp3) is 0.697. The smallest absolute Gasteiger partial charge is 0.456 e. The minimum Gasteiger partial charge on any atom is -0.456 e. The second kappa shape index (κ2) is 55.0. The van der Waals surface area contributed by atoms with E-state index < -0.39 is 20.0 Å². The summed E-state index contributed by atoms with van der Waals surface area (Å²) in [6.45, 7) is 6.82. The number of amides is 1. The van der Waals surface area contributed by atoms with E-state index in [4.69, 9.17) is 13.8 Å². The van der Waals surface area contributed by atoms with Gasteiger partial charge in [0, 0.05) is 12.8 Å². The zero-order valence-corrected chi connectivity index (χ0v) is 50.6. The number of quaternary nitrogens is 1. The average Bonchev–Trinajstić information content (AvgIpc) is 3.38. The number of carbonyl (C=O) groups is 2. The van der Waals surface area contributed by atoms with Crippen LogP contribution in [0.3, 0.4) is 0 Å². The van der Waals surface area contributed by atoms with Gasteiger partial charge in [0.05, 0.1) is 33.8 Å².